The van der Waals surface area contributed by atoms with Crippen molar-refractivity contribution in [3.05, 3.63) is 135 Å². The summed E-state index contributed by atoms with van der Waals surface area (Å²) in [6.45, 7) is 9.45. The van der Waals surface area contributed by atoms with E-state index in [9.17, 15) is 14.4 Å². The Kier molecular flexibility index (Phi) is 11.3. The van der Waals surface area contributed by atoms with E-state index in [1.807, 2.05) is 63.2 Å². The number of nitrogens with zero attached hydrogens (tertiary/aromatic N) is 4. The van der Waals surface area contributed by atoms with E-state index in [-0.39, 0.29) is 29.8 Å². The Morgan fingerprint density at radius 3 is 2.40 bits per heavy atom. The van der Waals surface area contributed by atoms with Crippen LogP contribution in [-0.2, 0) is 9.53 Å². The van der Waals surface area contributed by atoms with Crippen LogP contribution >= 0.6 is 23.2 Å². The molecule has 3 unspecified atom stereocenters. The van der Waals surface area contributed by atoms with Crippen LogP contribution in [0.1, 0.15) is 98.6 Å². The molecule has 11 nitrogen and oxygen atoms in total. The van der Waals surface area contributed by atoms with Crippen LogP contribution in [0.25, 0.3) is 22.2 Å². The van der Waals surface area contributed by atoms with Crippen LogP contribution in [0.15, 0.2) is 97.3 Å². The van der Waals surface area contributed by atoms with Crippen LogP contribution in [0, 0.1) is 5.92 Å². The molecule has 0 aliphatic carbocycles. The van der Waals surface area contributed by atoms with Crippen molar-refractivity contribution in [3.8, 4) is 0 Å². The number of hydrogen-bond donors (Lipinski definition) is 3. The molecule has 13 heteroatoms. The Bertz CT molecular complexity index is 2590. The fourth-order valence-electron chi connectivity index (χ4n) is 9.59. The SMILES string of the molecule is CC1CC=CN2C(=C1c1ccccc1)c1c(C(=O)Nc3cccnc3N3CCC(NC(=O)C4CCCN4C(=O)OC(C)(C)C)CC3)[nH]c3cc(Cl)cc(c13)C2c1ccc(Cl)cc1. The average molecular weight is 873 g/mol. The number of H-pyrrole nitrogens is 1. The van der Waals surface area contributed by atoms with E-state index in [0.29, 0.717) is 66.1 Å². The number of fused-ring (bicyclic) bond motifs is 2. The largest absolute Gasteiger partial charge is 0.444 e. The van der Waals surface area contributed by atoms with Gasteiger partial charge in [-0.1, -0.05) is 78.7 Å². The summed E-state index contributed by atoms with van der Waals surface area (Å²) in [7, 11) is 0. The van der Waals surface area contributed by atoms with E-state index in [1.165, 1.54) is 0 Å². The number of hydrogen-bond acceptors (Lipinski definition) is 7. The van der Waals surface area contributed by atoms with Crippen LogP contribution in [0.3, 0.4) is 0 Å². The van der Waals surface area contributed by atoms with Crippen LogP contribution in [0.2, 0.25) is 10.0 Å². The number of pyridine rings is 1. The van der Waals surface area contributed by atoms with Crippen LogP contribution < -0.4 is 15.5 Å². The second kappa shape index (κ2) is 16.8. The standard InChI is InChI=1S/C49H51Cl2N7O4/c1-29-11-9-24-58-43(31-16-18-32(50)19-17-31)35-27-33(51)28-37-40(35)41(44(58)39(29)30-12-6-5-7-13-30)42(54-37)47(60)55-36-14-8-22-52-45(36)56-25-20-34(21-26-56)53-46(59)38-15-10-23-57(38)48(61)62-49(2,3)4/h5-9,12-14,16-19,22,24,27-29,34,38,43,54H,10-11,15,20-21,23,25-26H2,1-4H3,(H,53,59)(H,55,60). The van der Waals surface area contributed by atoms with Crippen LogP contribution in [0.5, 0.6) is 0 Å². The minimum atomic E-state index is -0.640. The fraction of sp³-hybridized carbons (Fsp3) is 0.347. The first kappa shape index (κ1) is 41.6. The summed E-state index contributed by atoms with van der Waals surface area (Å²) < 4.78 is 5.59. The lowest BCUT2D eigenvalue weighted by Gasteiger charge is -2.39. The van der Waals surface area contributed by atoms with E-state index in [1.54, 1.807) is 11.1 Å². The zero-order chi connectivity index (χ0) is 43.3. The molecule has 0 bridgehead atoms. The van der Waals surface area contributed by atoms with Crippen molar-refractivity contribution in [2.45, 2.75) is 83.5 Å². The summed E-state index contributed by atoms with van der Waals surface area (Å²) in [5, 5.41) is 8.63. The number of anilines is 2. The number of aromatic nitrogens is 2. The Hall–Kier alpha value is -5.78. The Balaban J connectivity index is 1.03. The molecule has 5 aromatic rings. The maximum absolute atomic E-state index is 15.0. The maximum Gasteiger partial charge on any atom is 0.410 e. The quantitative estimate of drug-likeness (QED) is 0.149. The molecule has 3 N–H and O–H groups in total. The topological polar surface area (TPSA) is 123 Å². The predicted molar refractivity (Wildman–Crippen MR) is 246 cm³/mol. The highest BCUT2D eigenvalue weighted by atomic mass is 35.5. The molecular weight excluding hydrogens is 821 g/mol. The molecule has 3 aromatic carbocycles. The van der Waals surface area contributed by atoms with Crippen molar-refractivity contribution < 1.29 is 19.1 Å². The Morgan fingerprint density at radius 1 is 0.903 bits per heavy atom. The molecule has 3 amide bonds. The van der Waals surface area contributed by atoms with Crippen molar-refractivity contribution in [1.29, 1.82) is 0 Å². The van der Waals surface area contributed by atoms with Crippen molar-refractivity contribution in [3.63, 3.8) is 0 Å². The third-order valence-corrected chi connectivity index (χ3v) is 12.8. The van der Waals surface area contributed by atoms with E-state index < -0.39 is 17.7 Å². The molecular formula is C49H51Cl2N7O4. The first-order valence-electron chi connectivity index (χ1n) is 21.5. The zero-order valence-corrected chi connectivity index (χ0v) is 36.9. The molecule has 0 spiro atoms. The lowest BCUT2D eigenvalue weighted by atomic mass is 9.82. The molecule has 2 fully saturated rings. The first-order valence-corrected chi connectivity index (χ1v) is 22.3. The highest BCUT2D eigenvalue weighted by molar-refractivity contribution is 6.32. The van der Waals surface area contributed by atoms with Crippen molar-refractivity contribution in [2.75, 3.05) is 29.9 Å². The molecule has 3 atom stereocenters. The van der Waals surface area contributed by atoms with Crippen LogP contribution in [-0.4, -0.2) is 75.0 Å². The van der Waals surface area contributed by atoms with Gasteiger partial charge in [-0.25, -0.2) is 9.78 Å². The number of amides is 3. The highest BCUT2D eigenvalue weighted by Gasteiger charge is 2.41. The number of aromatic amines is 1. The molecule has 2 aromatic heterocycles. The normalized spacial score (nSPS) is 20.3. The van der Waals surface area contributed by atoms with Crippen molar-refractivity contribution in [2.24, 2.45) is 5.92 Å². The third-order valence-electron chi connectivity index (χ3n) is 12.3. The van der Waals surface area contributed by atoms with E-state index in [4.69, 9.17) is 32.9 Å². The lowest BCUT2D eigenvalue weighted by molar-refractivity contribution is -0.126. The molecule has 0 radical (unpaired) electrons. The molecule has 4 aliphatic heterocycles. The second-order valence-electron chi connectivity index (χ2n) is 17.7. The summed E-state index contributed by atoms with van der Waals surface area (Å²) in [4.78, 5) is 55.6. The van der Waals surface area contributed by atoms with Gasteiger partial charge in [0.25, 0.3) is 5.91 Å². The van der Waals surface area contributed by atoms with Gasteiger partial charge in [0.1, 0.15) is 17.3 Å². The van der Waals surface area contributed by atoms with Gasteiger partial charge in [-0.05, 0) is 117 Å². The van der Waals surface area contributed by atoms with E-state index >= 15 is 0 Å². The number of halogens is 2. The maximum atomic E-state index is 15.0. The molecule has 6 heterocycles. The van der Waals surface area contributed by atoms with Gasteiger partial charge in [0, 0.05) is 64.6 Å². The number of ether oxygens (including phenoxy) is 1. The summed E-state index contributed by atoms with van der Waals surface area (Å²) in [5.74, 6) is 0.345. The number of piperidine rings is 1. The molecule has 9 rings (SSSR count). The summed E-state index contributed by atoms with van der Waals surface area (Å²) >= 11 is 13.3. The average Bonchev–Trinajstić information content (AvgIpc) is 3.85. The summed E-state index contributed by atoms with van der Waals surface area (Å²) in [6.07, 6.45) is 9.18. The third kappa shape index (κ3) is 8.04. The number of allylic oxidation sites excluding steroid dienone is 2. The minimum Gasteiger partial charge on any atom is -0.444 e. The number of rotatable bonds is 7. The van der Waals surface area contributed by atoms with Crippen LogP contribution in [0.4, 0.5) is 16.3 Å². The van der Waals surface area contributed by atoms with Crippen molar-refractivity contribution >= 4 is 74.8 Å². The molecule has 320 valence electrons. The number of carbonyl (C=O) groups is 3. The number of likely N-dealkylation sites (tertiary alicyclic amines) is 1. The number of benzene rings is 3. The minimum absolute atomic E-state index is 0.0650. The van der Waals surface area contributed by atoms with Gasteiger partial charge in [-0.15, -0.1) is 0 Å². The summed E-state index contributed by atoms with van der Waals surface area (Å²) in [5.41, 5.74) is 7.20. The van der Waals surface area contributed by atoms with Gasteiger partial charge < -0.3 is 30.2 Å². The monoisotopic (exact) mass is 871 g/mol. The smallest absolute Gasteiger partial charge is 0.410 e. The second-order valence-corrected chi connectivity index (χ2v) is 18.6. The Labute approximate surface area is 372 Å². The zero-order valence-electron chi connectivity index (χ0n) is 35.4. The molecule has 2 saturated heterocycles. The van der Waals surface area contributed by atoms with Gasteiger partial charge >= 0.3 is 6.09 Å². The van der Waals surface area contributed by atoms with E-state index in [0.717, 1.165) is 57.3 Å². The van der Waals surface area contributed by atoms with Gasteiger partial charge in [-0.3, -0.25) is 14.5 Å². The summed E-state index contributed by atoms with van der Waals surface area (Å²) in [6, 6.07) is 25.1. The number of carbonyl (C=O) groups excluding carboxylic acids is 3. The highest BCUT2D eigenvalue weighted by Crippen LogP contribution is 2.53. The predicted octanol–water partition coefficient (Wildman–Crippen LogP) is 10.4. The van der Waals surface area contributed by atoms with E-state index in [2.05, 4.69) is 81.0 Å². The van der Waals surface area contributed by atoms with Gasteiger partial charge in [0.05, 0.1) is 17.4 Å². The van der Waals surface area contributed by atoms with Gasteiger partial charge in [-0.2, -0.15) is 0 Å². The molecule has 0 saturated carbocycles. The Morgan fingerprint density at radius 2 is 1.66 bits per heavy atom. The lowest BCUT2D eigenvalue weighted by Crippen LogP contribution is -2.52. The van der Waals surface area contributed by atoms with Gasteiger partial charge in [0.2, 0.25) is 5.91 Å². The first-order chi connectivity index (χ1) is 29.8. The molecule has 4 aliphatic rings. The van der Waals surface area contributed by atoms with Gasteiger partial charge in [0.15, 0.2) is 5.82 Å². The fourth-order valence-corrected chi connectivity index (χ4v) is 9.94. The van der Waals surface area contributed by atoms with Crippen molar-refractivity contribution in [1.82, 2.24) is 25.1 Å². The molecule has 62 heavy (non-hydrogen) atoms. The number of nitrogens with one attached hydrogen (secondary N) is 3.